The third kappa shape index (κ3) is 3.44. The van der Waals surface area contributed by atoms with Gasteiger partial charge in [0.05, 0.1) is 43.3 Å². The van der Waals surface area contributed by atoms with E-state index in [2.05, 4.69) is 102 Å². The topological polar surface area (TPSA) is 52.5 Å². The molecule has 3 heterocycles. The number of benzene rings is 6. The fourth-order valence-corrected chi connectivity index (χ4v) is 8.85. The summed E-state index contributed by atoms with van der Waals surface area (Å²) in [5.74, 6) is 0. The van der Waals surface area contributed by atoms with E-state index in [1.54, 1.807) is 11.3 Å². The first-order chi connectivity index (χ1) is 21.2. The van der Waals surface area contributed by atoms with Crippen molar-refractivity contribution < 1.29 is 0 Å². The van der Waals surface area contributed by atoms with E-state index in [1.165, 1.54) is 20.2 Å². The standard InChI is InChI=1S/C38H19N3S2/c39-20-22-12-14-33-29(16-22)26-6-1-3-9-32(26)41(33)34-10-5-8-28-31-19-24(17-25(21-40)37(31)43-38(28)34)23-13-15-36-30(18-23)27-7-2-4-11-35(27)42-36/h1-19H. The molecule has 6 aromatic carbocycles. The van der Waals surface area contributed by atoms with Gasteiger partial charge in [-0.2, -0.15) is 10.5 Å². The molecule has 0 bridgehead atoms. The lowest BCUT2D eigenvalue weighted by atomic mass is 9.98. The number of para-hydroxylation sites is 1. The Hall–Kier alpha value is -5.46. The Morgan fingerprint density at radius 1 is 0.488 bits per heavy atom. The maximum atomic E-state index is 10.3. The molecule has 0 atom stereocenters. The SMILES string of the molecule is N#Cc1ccc2c(c1)c1ccccc1n2-c1cccc2c1sc1c(C#N)cc(-c3ccc4sc5ccccc5c4c3)cc12. The summed E-state index contributed by atoms with van der Waals surface area (Å²) in [4.78, 5) is 0. The first-order valence-corrected chi connectivity index (χ1v) is 15.6. The molecule has 5 heteroatoms. The van der Waals surface area contributed by atoms with Gasteiger partial charge in [-0.3, -0.25) is 0 Å². The van der Waals surface area contributed by atoms with Crippen LogP contribution in [0.1, 0.15) is 11.1 Å². The molecule has 198 valence electrons. The zero-order valence-electron chi connectivity index (χ0n) is 22.6. The van der Waals surface area contributed by atoms with Crippen molar-refractivity contribution in [1.82, 2.24) is 4.57 Å². The number of nitriles is 2. The van der Waals surface area contributed by atoms with Crippen molar-refractivity contribution in [3.8, 4) is 29.0 Å². The van der Waals surface area contributed by atoms with Gasteiger partial charge in [-0.05, 0) is 71.8 Å². The Balaban J connectivity index is 1.31. The van der Waals surface area contributed by atoms with Crippen molar-refractivity contribution in [1.29, 1.82) is 10.5 Å². The summed E-state index contributed by atoms with van der Waals surface area (Å²) < 4.78 is 6.99. The first-order valence-electron chi connectivity index (χ1n) is 14.0. The average Bonchev–Trinajstić information content (AvgIpc) is 3.73. The van der Waals surface area contributed by atoms with Gasteiger partial charge in [-0.25, -0.2) is 0 Å². The largest absolute Gasteiger partial charge is 0.308 e. The molecule has 0 aliphatic heterocycles. The first kappa shape index (κ1) is 24.2. The highest BCUT2D eigenvalue weighted by molar-refractivity contribution is 7.26. The number of rotatable bonds is 2. The number of nitrogens with zero attached hydrogens (tertiary/aromatic N) is 3. The molecule has 3 aromatic heterocycles. The van der Waals surface area contributed by atoms with Crippen LogP contribution in [0.4, 0.5) is 0 Å². The van der Waals surface area contributed by atoms with Crippen molar-refractivity contribution >= 4 is 84.8 Å². The van der Waals surface area contributed by atoms with Crippen molar-refractivity contribution in [2.45, 2.75) is 0 Å². The van der Waals surface area contributed by atoms with Gasteiger partial charge in [0.25, 0.3) is 0 Å². The summed E-state index contributed by atoms with van der Waals surface area (Å²) >= 11 is 3.49. The fourth-order valence-electron chi connectivity index (χ4n) is 6.52. The maximum Gasteiger partial charge on any atom is 0.101 e. The Bertz CT molecular complexity index is 2710. The van der Waals surface area contributed by atoms with Crippen molar-refractivity contribution in [2.24, 2.45) is 0 Å². The Labute approximate surface area is 254 Å². The van der Waals surface area contributed by atoms with Crippen LogP contribution in [0.5, 0.6) is 0 Å². The van der Waals surface area contributed by atoms with Crippen molar-refractivity contribution in [3.05, 3.63) is 126 Å². The van der Waals surface area contributed by atoms with Gasteiger partial charge >= 0.3 is 0 Å². The van der Waals surface area contributed by atoms with Gasteiger partial charge in [-0.15, -0.1) is 22.7 Å². The second kappa shape index (κ2) is 9.02. The van der Waals surface area contributed by atoms with E-state index in [0.717, 1.165) is 58.8 Å². The minimum atomic E-state index is 0.648. The van der Waals surface area contributed by atoms with E-state index >= 15 is 0 Å². The number of fused-ring (bicyclic) bond motifs is 9. The highest BCUT2D eigenvalue weighted by atomic mass is 32.1. The minimum absolute atomic E-state index is 0.648. The van der Waals surface area contributed by atoms with E-state index in [4.69, 9.17) is 0 Å². The van der Waals surface area contributed by atoms with Crippen LogP contribution in [0.2, 0.25) is 0 Å². The van der Waals surface area contributed by atoms with Gasteiger partial charge < -0.3 is 4.57 Å². The van der Waals surface area contributed by atoms with Crippen LogP contribution in [-0.2, 0) is 0 Å². The Morgan fingerprint density at radius 3 is 2.14 bits per heavy atom. The normalized spacial score (nSPS) is 11.7. The molecular formula is C38H19N3S2. The summed E-state index contributed by atoms with van der Waals surface area (Å²) in [5, 5.41) is 26.8. The Kier molecular flexibility index (Phi) is 5.07. The molecule has 0 aliphatic rings. The van der Waals surface area contributed by atoms with Gasteiger partial charge in [0, 0.05) is 41.7 Å². The van der Waals surface area contributed by atoms with Crippen LogP contribution < -0.4 is 0 Å². The number of hydrogen-bond donors (Lipinski definition) is 0. The lowest BCUT2D eigenvalue weighted by Crippen LogP contribution is -1.93. The quantitative estimate of drug-likeness (QED) is 0.204. The number of thiophene rings is 2. The lowest BCUT2D eigenvalue weighted by molar-refractivity contribution is 1.20. The number of hydrogen-bond acceptors (Lipinski definition) is 4. The highest BCUT2D eigenvalue weighted by Gasteiger charge is 2.19. The summed E-state index contributed by atoms with van der Waals surface area (Å²) in [5.41, 5.74) is 6.72. The van der Waals surface area contributed by atoms with E-state index in [-0.39, 0.29) is 0 Å². The molecule has 0 aliphatic carbocycles. The van der Waals surface area contributed by atoms with Crippen LogP contribution in [0.3, 0.4) is 0 Å². The lowest BCUT2D eigenvalue weighted by Gasteiger charge is -2.09. The summed E-state index contributed by atoms with van der Waals surface area (Å²) in [6.45, 7) is 0. The molecule has 0 spiro atoms. The number of aromatic nitrogens is 1. The highest BCUT2D eigenvalue weighted by Crippen LogP contribution is 2.44. The smallest absolute Gasteiger partial charge is 0.101 e. The molecule has 0 saturated heterocycles. The predicted octanol–water partition coefficient (Wildman–Crippen LogP) is 10.9. The van der Waals surface area contributed by atoms with Crippen molar-refractivity contribution in [2.75, 3.05) is 0 Å². The molecule has 3 nitrogen and oxygen atoms in total. The van der Waals surface area contributed by atoms with Crippen LogP contribution >= 0.6 is 22.7 Å². The molecule has 0 fully saturated rings. The third-order valence-corrected chi connectivity index (χ3v) is 10.9. The molecule has 9 aromatic rings. The average molecular weight is 582 g/mol. The molecular weight excluding hydrogens is 563 g/mol. The molecule has 0 N–H and O–H groups in total. The maximum absolute atomic E-state index is 10.3. The summed E-state index contributed by atoms with van der Waals surface area (Å²) in [6, 6.07) is 45.0. The second-order valence-corrected chi connectivity index (χ2v) is 12.9. The minimum Gasteiger partial charge on any atom is -0.308 e. The van der Waals surface area contributed by atoms with Crippen molar-refractivity contribution in [3.63, 3.8) is 0 Å². The van der Waals surface area contributed by atoms with Crippen LogP contribution in [-0.4, -0.2) is 4.57 Å². The van der Waals surface area contributed by atoms with Gasteiger partial charge in [-0.1, -0.05) is 54.6 Å². The van der Waals surface area contributed by atoms with Gasteiger partial charge in [0.2, 0.25) is 0 Å². The zero-order chi connectivity index (χ0) is 28.7. The summed E-state index contributed by atoms with van der Waals surface area (Å²) in [6.07, 6.45) is 0. The zero-order valence-corrected chi connectivity index (χ0v) is 24.3. The van der Waals surface area contributed by atoms with Crippen LogP contribution in [0, 0.1) is 22.7 Å². The fraction of sp³-hybridized carbons (Fsp3) is 0. The van der Waals surface area contributed by atoms with Crippen LogP contribution in [0.15, 0.2) is 115 Å². The molecule has 0 unspecified atom stereocenters. The molecule has 43 heavy (non-hydrogen) atoms. The Morgan fingerprint density at radius 2 is 1.26 bits per heavy atom. The summed E-state index contributed by atoms with van der Waals surface area (Å²) in [7, 11) is 0. The van der Waals surface area contributed by atoms with E-state index < -0.39 is 0 Å². The van der Waals surface area contributed by atoms with Gasteiger partial charge in [0.15, 0.2) is 0 Å². The monoisotopic (exact) mass is 581 g/mol. The van der Waals surface area contributed by atoms with E-state index in [1.807, 2.05) is 41.7 Å². The molecule has 0 saturated carbocycles. The van der Waals surface area contributed by atoms with E-state index in [9.17, 15) is 10.5 Å². The molecule has 0 radical (unpaired) electrons. The van der Waals surface area contributed by atoms with E-state index in [0.29, 0.717) is 11.1 Å². The second-order valence-electron chi connectivity index (χ2n) is 10.8. The molecule has 9 rings (SSSR count). The van der Waals surface area contributed by atoms with Gasteiger partial charge in [0.1, 0.15) is 6.07 Å². The predicted molar refractivity (Wildman–Crippen MR) is 181 cm³/mol. The molecule has 0 amide bonds. The third-order valence-electron chi connectivity index (χ3n) is 8.45. The van der Waals surface area contributed by atoms with Crippen LogP contribution in [0.25, 0.3) is 79.0 Å².